The van der Waals surface area contributed by atoms with E-state index in [1.807, 2.05) is 27.7 Å². The lowest BCUT2D eigenvalue weighted by atomic mass is 10.1. The SMILES string of the molecule is CCc1nc(C(=O)N(C)CC(=O)NC(C)(C)C)n[nH]1. The first-order valence-corrected chi connectivity index (χ1v) is 6.20. The van der Waals surface area contributed by atoms with Crippen LogP contribution in [0, 0.1) is 0 Å². The summed E-state index contributed by atoms with van der Waals surface area (Å²) < 4.78 is 0. The number of carbonyl (C=O) groups excluding carboxylic acids is 2. The Morgan fingerprint density at radius 2 is 2.00 bits per heavy atom. The van der Waals surface area contributed by atoms with Gasteiger partial charge in [0.05, 0.1) is 6.54 Å². The molecule has 0 aliphatic carbocycles. The van der Waals surface area contributed by atoms with Gasteiger partial charge < -0.3 is 10.2 Å². The molecule has 0 saturated heterocycles. The maximum atomic E-state index is 12.0. The first-order valence-electron chi connectivity index (χ1n) is 6.20. The van der Waals surface area contributed by atoms with E-state index in [0.717, 1.165) is 0 Å². The number of hydrogen-bond donors (Lipinski definition) is 2. The van der Waals surface area contributed by atoms with Gasteiger partial charge in [-0.25, -0.2) is 4.98 Å². The van der Waals surface area contributed by atoms with Gasteiger partial charge in [-0.3, -0.25) is 14.7 Å². The summed E-state index contributed by atoms with van der Waals surface area (Å²) in [7, 11) is 1.55. The topological polar surface area (TPSA) is 91.0 Å². The van der Waals surface area contributed by atoms with Gasteiger partial charge in [-0.1, -0.05) is 6.92 Å². The zero-order chi connectivity index (χ0) is 14.6. The van der Waals surface area contributed by atoms with E-state index in [2.05, 4.69) is 20.5 Å². The number of nitrogens with one attached hydrogen (secondary N) is 2. The molecular weight excluding hydrogens is 246 g/mol. The minimum atomic E-state index is -0.375. The van der Waals surface area contributed by atoms with Crippen molar-refractivity contribution in [3.05, 3.63) is 11.6 Å². The van der Waals surface area contributed by atoms with Gasteiger partial charge >= 0.3 is 0 Å². The molecule has 0 aliphatic heterocycles. The molecule has 1 aromatic rings. The zero-order valence-corrected chi connectivity index (χ0v) is 12.1. The van der Waals surface area contributed by atoms with E-state index in [4.69, 9.17) is 0 Å². The molecular formula is C12H21N5O2. The fourth-order valence-electron chi connectivity index (χ4n) is 1.46. The number of amides is 2. The van der Waals surface area contributed by atoms with Crippen LogP contribution in [-0.2, 0) is 11.2 Å². The van der Waals surface area contributed by atoms with Crippen LogP contribution < -0.4 is 5.32 Å². The molecule has 0 aliphatic rings. The molecule has 0 fully saturated rings. The Morgan fingerprint density at radius 3 is 2.47 bits per heavy atom. The Hall–Kier alpha value is -1.92. The van der Waals surface area contributed by atoms with Crippen molar-refractivity contribution in [2.24, 2.45) is 0 Å². The van der Waals surface area contributed by atoms with Crippen LogP contribution in [0.15, 0.2) is 0 Å². The van der Waals surface area contributed by atoms with Crippen LogP contribution in [0.2, 0.25) is 0 Å². The van der Waals surface area contributed by atoms with E-state index in [0.29, 0.717) is 12.2 Å². The molecule has 106 valence electrons. The molecule has 2 N–H and O–H groups in total. The van der Waals surface area contributed by atoms with Gasteiger partial charge in [-0.2, -0.15) is 0 Å². The fourth-order valence-corrected chi connectivity index (χ4v) is 1.46. The molecule has 0 radical (unpaired) electrons. The lowest BCUT2D eigenvalue weighted by Gasteiger charge is -2.22. The van der Waals surface area contributed by atoms with E-state index >= 15 is 0 Å². The normalized spacial score (nSPS) is 11.2. The lowest BCUT2D eigenvalue weighted by Crippen LogP contribution is -2.46. The number of hydrogen-bond acceptors (Lipinski definition) is 4. The van der Waals surface area contributed by atoms with Gasteiger partial charge in [0, 0.05) is 19.0 Å². The molecule has 19 heavy (non-hydrogen) atoms. The third-order valence-electron chi connectivity index (χ3n) is 2.30. The predicted octanol–water partition coefficient (Wildman–Crippen LogP) is 0.354. The van der Waals surface area contributed by atoms with E-state index < -0.39 is 0 Å². The highest BCUT2D eigenvalue weighted by Gasteiger charge is 2.21. The molecule has 0 spiro atoms. The molecule has 2 amide bonds. The summed E-state index contributed by atoms with van der Waals surface area (Å²) >= 11 is 0. The Morgan fingerprint density at radius 1 is 1.37 bits per heavy atom. The monoisotopic (exact) mass is 267 g/mol. The molecule has 0 unspecified atom stereocenters. The number of aromatic nitrogens is 3. The number of rotatable bonds is 4. The molecule has 7 heteroatoms. The third kappa shape index (κ3) is 4.69. The van der Waals surface area contributed by atoms with Crippen molar-refractivity contribution in [2.45, 2.75) is 39.7 Å². The minimum Gasteiger partial charge on any atom is -0.350 e. The molecule has 0 atom stereocenters. The molecule has 1 aromatic heterocycles. The van der Waals surface area contributed by atoms with Gasteiger partial charge in [0.2, 0.25) is 11.7 Å². The van der Waals surface area contributed by atoms with Crippen molar-refractivity contribution in [3.63, 3.8) is 0 Å². The maximum absolute atomic E-state index is 12.0. The van der Waals surface area contributed by atoms with E-state index in [9.17, 15) is 9.59 Å². The second-order valence-electron chi connectivity index (χ2n) is 5.42. The highest BCUT2D eigenvalue weighted by atomic mass is 16.2. The standard InChI is InChI=1S/C12H21N5O2/c1-6-8-13-10(16-15-8)11(19)17(5)7-9(18)14-12(2,3)4/h6-7H2,1-5H3,(H,14,18)(H,13,15,16). The van der Waals surface area contributed by atoms with Gasteiger partial charge in [-0.15, -0.1) is 5.10 Å². The summed E-state index contributed by atoms with van der Waals surface area (Å²) in [6.07, 6.45) is 0.675. The Labute approximate surface area is 112 Å². The number of aromatic amines is 1. The van der Waals surface area contributed by atoms with Crippen LogP contribution in [0.25, 0.3) is 0 Å². The van der Waals surface area contributed by atoms with E-state index in [-0.39, 0.29) is 29.7 Å². The first kappa shape index (κ1) is 15.1. The average molecular weight is 267 g/mol. The average Bonchev–Trinajstić information content (AvgIpc) is 2.73. The fraction of sp³-hybridized carbons (Fsp3) is 0.667. The van der Waals surface area contributed by atoms with Crippen molar-refractivity contribution in [1.82, 2.24) is 25.4 Å². The number of carbonyl (C=O) groups is 2. The lowest BCUT2D eigenvalue weighted by molar-refractivity contribution is -0.122. The van der Waals surface area contributed by atoms with Gasteiger partial charge in [0.15, 0.2) is 0 Å². The second kappa shape index (κ2) is 5.81. The molecule has 0 aromatic carbocycles. The van der Waals surface area contributed by atoms with Crippen molar-refractivity contribution < 1.29 is 9.59 Å². The van der Waals surface area contributed by atoms with Crippen LogP contribution >= 0.6 is 0 Å². The molecule has 0 bridgehead atoms. The van der Waals surface area contributed by atoms with Crippen molar-refractivity contribution in [1.29, 1.82) is 0 Å². The highest BCUT2D eigenvalue weighted by Crippen LogP contribution is 2.01. The van der Waals surface area contributed by atoms with Crippen LogP contribution in [0.3, 0.4) is 0 Å². The van der Waals surface area contributed by atoms with Crippen molar-refractivity contribution >= 4 is 11.8 Å². The predicted molar refractivity (Wildman–Crippen MR) is 70.6 cm³/mol. The van der Waals surface area contributed by atoms with E-state index in [1.54, 1.807) is 7.05 Å². The highest BCUT2D eigenvalue weighted by molar-refractivity contribution is 5.93. The van der Waals surface area contributed by atoms with Gasteiger partial charge in [-0.05, 0) is 20.8 Å². The summed E-state index contributed by atoms with van der Waals surface area (Å²) in [5, 5.41) is 9.30. The quantitative estimate of drug-likeness (QED) is 0.823. The molecule has 7 nitrogen and oxygen atoms in total. The maximum Gasteiger partial charge on any atom is 0.293 e. The zero-order valence-electron chi connectivity index (χ0n) is 12.1. The Balaban J connectivity index is 2.60. The molecule has 1 heterocycles. The van der Waals surface area contributed by atoms with Crippen LogP contribution in [0.5, 0.6) is 0 Å². The summed E-state index contributed by atoms with van der Waals surface area (Å²) in [6, 6.07) is 0. The largest absolute Gasteiger partial charge is 0.350 e. The number of aryl methyl sites for hydroxylation is 1. The van der Waals surface area contributed by atoms with Crippen LogP contribution in [0.1, 0.15) is 44.1 Å². The summed E-state index contributed by atoms with van der Waals surface area (Å²) in [4.78, 5) is 29.0. The third-order valence-corrected chi connectivity index (χ3v) is 2.30. The second-order valence-corrected chi connectivity index (χ2v) is 5.42. The summed E-state index contributed by atoms with van der Waals surface area (Å²) in [6.45, 7) is 7.54. The number of likely N-dealkylation sites (N-methyl/N-ethyl adjacent to an activating group) is 1. The van der Waals surface area contributed by atoms with Crippen molar-refractivity contribution in [3.8, 4) is 0 Å². The molecule has 0 saturated carbocycles. The minimum absolute atomic E-state index is 0.0217. The summed E-state index contributed by atoms with van der Waals surface area (Å²) in [5.74, 6) is 0.147. The Kier molecular flexibility index (Phi) is 4.63. The Bertz CT molecular complexity index is 461. The van der Waals surface area contributed by atoms with Crippen molar-refractivity contribution in [2.75, 3.05) is 13.6 Å². The van der Waals surface area contributed by atoms with Gasteiger partial charge in [0.1, 0.15) is 5.82 Å². The molecule has 1 rings (SSSR count). The smallest absolute Gasteiger partial charge is 0.293 e. The number of nitrogens with zero attached hydrogens (tertiary/aromatic N) is 3. The van der Waals surface area contributed by atoms with Crippen LogP contribution in [0.4, 0.5) is 0 Å². The van der Waals surface area contributed by atoms with Crippen LogP contribution in [-0.4, -0.2) is 51.0 Å². The first-order chi connectivity index (χ1) is 8.73. The number of H-pyrrole nitrogens is 1. The van der Waals surface area contributed by atoms with Gasteiger partial charge in [0.25, 0.3) is 5.91 Å². The summed E-state index contributed by atoms with van der Waals surface area (Å²) in [5.41, 5.74) is -0.319. The van der Waals surface area contributed by atoms with E-state index in [1.165, 1.54) is 4.90 Å².